The lowest BCUT2D eigenvalue weighted by Crippen LogP contribution is -2.29. The van der Waals surface area contributed by atoms with E-state index in [2.05, 4.69) is 25.6 Å². The van der Waals surface area contributed by atoms with Gasteiger partial charge >= 0.3 is 0 Å². The van der Waals surface area contributed by atoms with Crippen molar-refractivity contribution in [2.24, 2.45) is 0 Å². The molecule has 4 nitrogen and oxygen atoms in total. The van der Waals surface area contributed by atoms with E-state index in [-0.39, 0.29) is 9.92 Å². The van der Waals surface area contributed by atoms with Gasteiger partial charge in [0.15, 0.2) is 0 Å². The van der Waals surface area contributed by atoms with E-state index in [1.165, 1.54) is 6.07 Å². The third kappa shape index (κ3) is 4.27. The van der Waals surface area contributed by atoms with Gasteiger partial charge in [-0.05, 0) is 41.5 Å². The lowest BCUT2D eigenvalue weighted by Gasteiger charge is -2.20. The maximum absolute atomic E-state index is 12.9. The number of aromatic nitrogens is 1. The van der Waals surface area contributed by atoms with Crippen molar-refractivity contribution in [2.75, 3.05) is 0 Å². The molecule has 3 aromatic rings. The minimum atomic E-state index is -3.83. The van der Waals surface area contributed by atoms with E-state index in [1.807, 2.05) is 30.3 Å². The number of sulfonamides is 1. The molecule has 0 amide bonds. The minimum absolute atomic E-state index is 0.0346. The molecule has 1 atom stereocenters. The van der Waals surface area contributed by atoms with Crippen molar-refractivity contribution in [1.29, 1.82) is 0 Å². The van der Waals surface area contributed by atoms with Gasteiger partial charge in [-0.2, -0.15) is 4.72 Å². The second-order valence-electron chi connectivity index (χ2n) is 5.32. The molecule has 128 valence electrons. The van der Waals surface area contributed by atoms with Crippen LogP contribution in [0, 0.1) is 0 Å². The Bertz CT molecular complexity index is 927. The molecule has 0 fully saturated rings. The monoisotopic (exact) mass is 436 g/mol. The first-order valence-electron chi connectivity index (χ1n) is 7.39. The molecule has 7 heteroatoms. The van der Waals surface area contributed by atoms with Gasteiger partial charge in [0.05, 0.1) is 11.1 Å². The van der Waals surface area contributed by atoms with Crippen molar-refractivity contribution in [3.8, 4) is 0 Å². The smallest absolute Gasteiger partial charge is 0.242 e. The van der Waals surface area contributed by atoms with Crippen molar-refractivity contribution in [3.05, 3.63) is 93.7 Å². The summed E-state index contributed by atoms with van der Waals surface area (Å²) in [6, 6.07) is 17.0. The van der Waals surface area contributed by atoms with Crippen LogP contribution in [0.5, 0.6) is 0 Å². The van der Waals surface area contributed by atoms with Crippen LogP contribution in [0.3, 0.4) is 0 Å². The summed E-state index contributed by atoms with van der Waals surface area (Å²) in [5.74, 6) is 0. The predicted octanol–water partition coefficient (Wildman–Crippen LogP) is 4.57. The van der Waals surface area contributed by atoms with E-state index in [1.54, 1.807) is 36.7 Å². The van der Waals surface area contributed by atoms with E-state index in [0.717, 1.165) is 11.1 Å². The highest BCUT2D eigenvalue weighted by Crippen LogP contribution is 2.28. The van der Waals surface area contributed by atoms with Crippen LogP contribution in [-0.4, -0.2) is 13.4 Å². The summed E-state index contributed by atoms with van der Waals surface area (Å²) >= 11 is 9.41. The Morgan fingerprint density at radius 1 is 0.960 bits per heavy atom. The Hall–Kier alpha value is -1.73. The Morgan fingerprint density at radius 2 is 1.60 bits per heavy atom. The molecule has 0 aliphatic heterocycles. The van der Waals surface area contributed by atoms with Crippen LogP contribution in [0.25, 0.3) is 0 Å². The van der Waals surface area contributed by atoms with Crippen molar-refractivity contribution in [3.63, 3.8) is 0 Å². The van der Waals surface area contributed by atoms with Gasteiger partial charge < -0.3 is 0 Å². The van der Waals surface area contributed by atoms with Crippen LogP contribution >= 0.6 is 27.5 Å². The number of hydrogen-bond acceptors (Lipinski definition) is 3. The summed E-state index contributed by atoms with van der Waals surface area (Å²) in [4.78, 5) is 4.03. The Labute approximate surface area is 160 Å². The summed E-state index contributed by atoms with van der Waals surface area (Å²) in [6.07, 6.45) is 3.26. The van der Waals surface area contributed by atoms with Crippen LogP contribution in [0.2, 0.25) is 5.02 Å². The number of nitrogens with zero attached hydrogens (tertiary/aromatic N) is 1. The highest BCUT2D eigenvalue weighted by molar-refractivity contribution is 9.10. The molecule has 3 rings (SSSR count). The Kier molecular flexibility index (Phi) is 5.54. The molecule has 1 N–H and O–H groups in total. The Morgan fingerprint density at radius 3 is 2.24 bits per heavy atom. The number of rotatable bonds is 5. The van der Waals surface area contributed by atoms with Gasteiger partial charge in [0, 0.05) is 16.9 Å². The van der Waals surface area contributed by atoms with E-state index in [4.69, 9.17) is 11.6 Å². The topological polar surface area (TPSA) is 59.1 Å². The first-order chi connectivity index (χ1) is 12.0. The SMILES string of the molecule is O=S(=O)(NC(c1ccccc1)c1ccncc1)c1ccc(Br)cc1Cl. The summed E-state index contributed by atoms with van der Waals surface area (Å²) in [7, 11) is -3.83. The molecule has 0 aliphatic rings. The van der Waals surface area contributed by atoms with E-state index in [0.29, 0.717) is 4.47 Å². The van der Waals surface area contributed by atoms with Crippen LogP contribution in [0.4, 0.5) is 0 Å². The molecule has 1 aromatic heterocycles. The lowest BCUT2D eigenvalue weighted by atomic mass is 10.0. The van der Waals surface area contributed by atoms with Gasteiger partial charge in [-0.1, -0.05) is 57.9 Å². The maximum atomic E-state index is 12.9. The summed E-state index contributed by atoms with van der Waals surface area (Å²) in [5, 5.41) is 0.156. The first-order valence-corrected chi connectivity index (χ1v) is 10.0. The number of halogens is 2. The zero-order valence-electron chi connectivity index (χ0n) is 12.9. The third-order valence-corrected chi connectivity index (χ3v) is 6.03. The van der Waals surface area contributed by atoms with E-state index in [9.17, 15) is 8.42 Å². The Balaban J connectivity index is 2.03. The molecule has 1 unspecified atom stereocenters. The predicted molar refractivity (Wildman–Crippen MR) is 102 cm³/mol. The van der Waals surface area contributed by atoms with Gasteiger partial charge in [0.25, 0.3) is 0 Å². The second-order valence-corrected chi connectivity index (χ2v) is 8.33. The van der Waals surface area contributed by atoms with Crippen molar-refractivity contribution in [2.45, 2.75) is 10.9 Å². The van der Waals surface area contributed by atoms with Gasteiger partial charge in [-0.3, -0.25) is 4.98 Å². The standard InChI is InChI=1S/C18H14BrClN2O2S/c19-15-6-7-17(16(20)12-15)25(23,24)22-18(13-4-2-1-3-5-13)14-8-10-21-11-9-14/h1-12,18,22H. The quantitative estimate of drug-likeness (QED) is 0.636. The average molecular weight is 438 g/mol. The fraction of sp³-hybridized carbons (Fsp3) is 0.0556. The summed E-state index contributed by atoms with van der Waals surface area (Å²) in [5.41, 5.74) is 1.61. The number of hydrogen-bond donors (Lipinski definition) is 1. The summed E-state index contributed by atoms with van der Waals surface area (Å²) in [6.45, 7) is 0. The average Bonchev–Trinajstić information content (AvgIpc) is 2.61. The molecule has 0 saturated carbocycles. The molecular formula is C18H14BrClN2O2S. The van der Waals surface area contributed by atoms with Crippen LogP contribution in [0.1, 0.15) is 17.2 Å². The molecule has 0 bridgehead atoms. The van der Waals surface area contributed by atoms with Crippen LogP contribution in [0.15, 0.2) is 82.4 Å². The molecule has 1 heterocycles. The molecule has 2 aromatic carbocycles. The van der Waals surface area contributed by atoms with Crippen molar-refractivity contribution >= 4 is 37.6 Å². The lowest BCUT2D eigenvalue weighted by molar-refractivity contribution is 0.572. The second kappa shape index (κ2) is 7.66. The molecule has 0 aliphatic carbocycles. The zero-order chi connectivity index (χ0) is 17.9. The fourth-order valence-electron chi connectivity index (χ4n) is 2.44. The number of pyridine rings is 1. The van der Waals surface area contributed by atoms with Gasteiger partial charge in [-0.15, -0.1) is 0 Å². The third-order valence-electron chi connectivity index (χ3n) is 3.63. The van der Waals surface area contributed by atoms with Crippen LogP contribution < -0.4 is 4.72 Å². The fourth-order valence-corrected chi connectivity index (χ4v) is 4.69. The molecular weight excluding hydrogens is 424 g/mol. The molecule has 0 radical (unpaired) electrons. The van der Waals surface area contributed by atoms with Crippen molar-refractivity contribution in [1.82, 2.24) is 9.71 Å². The van der Waals surface area contributed by atoms with Gasteiger partial charge in [0.2, 0.25) is 10.0 Å². The van der Waals surface area contributed by atoms with Gasteiger partial charge in [-0.25, -0.2) is 8.42 Å². The number of nitrogens with one attached hydrogen (secondary N) is 1. The molecule has 25 heavy (non-hydrogen) atoms. The zero-order valence-corrected chi connectivity index (χ0v) is 16.1. The first kappa shape index (κ1) is 18.1. The maximum Gasteiger partial charge on any atom is 0.242 e. The number of benzene rings is 2. The molecule has 0 spiro atoms. The van der Waals surface area contributed by atoms with Crippen molar-refractivity contribution < 1.29 is 8.42 Å². The molecule has 0 saturated heterocycles. The van der Waals surface area contributed by atoms with Crippen LogP contribution in [-0.2, 0) is 10.0 Å². The minimum Gasteiger partial charge on any atom is -0.265 e. The summed E-state index contributed by atoms with van der Waals surface area (Å²) < 4.78 is 29.3. The largest absolute Gasteiger partial charge is 0.265 e. The highest BCUT2D eigenvalue weighted by atomic mass is 79.9. The van der Waals surface area contributed by atoms with E-state index < -0.39 is 16.1 Å². The normalized spacial score (nSPS) is 12.7. The van der Waals surface area contributed by atoms with E-state index >= 15 is 0 Å². The highest BCUT2D eigenvalue weighted by Gasteiger charge is 2.24. The van der Waals surface area contributed by atoms with Gasteiger partial charge in [0.1, 0.15) is 4.90 Å².